The summed E-state index contributed by atoms with van der Waals surface area (Å²) in [6, 6.07) is 13.7. The fraction of sp³-hybridized carbons (Fsp3) is 0.483. The molecule has 0 aliphatic heterocycles. The van der Waals surface area contributed by atoms with E-state index in [0.717, 1.165) is 41.5 Å². The number of aryl methyl sites for hydroxylation is 2. The molecule has 0 aromatic heterocycles. The zero-order chi connectivity index (χ0) is 27.2. The Morgan fingerprint density at radius 2 is 1.68 bits per heavy atom. The maximum absolute atomic E-state index is 14.0. The molecular formula is C29H39N3O4S. The number of nitrogens with zero attached hydrogens (tertiary/aromatic N) is 1. The predicted molar refractivity (Wildman–Crippen MR) is 148 cm³/mol. The van der Waals surface area contributed by atoms with Crippen molar-refractivity contribution in [2.24, 2.45) is 0 Å². The molecule has 200 valence electrons. The van der Waals surface area contributed by atoms with Gasteiger partial charge in [-0.1, -0.05) is 59.7 Å². The highest BCUT2D eigenvalue weighted by molar-refractivity contribution is 7.80. The van der Waals surface area contributed by atoms with Crippen LogP contribution in [0.3, 0.4) is 0 Å². The Hall–Kier alpha value is -3.00. The van der Waals surface area contributed by atoms with Gasteiger partial charge in [0.15, 0.2) is 0 Å². The number of alkyl carbamates (subject to hydrolysis) is 1. The van der Waals surface area contributed by atoms with E-state index in [9.17, 15) is 14.4 Å². The topological polar surface area (TPSA) is 87.7 Å². The Labute approximate surface area is 225 Å². The molecule has 7 nitrogen and oxygen atoms in total. The molecule has 0 saturated heterocycles. The summed E-state index contributed by atoms with van der Waals surface area (Å²) in [6.07, 6.45) is 1.88. The van der Waals surface area contributed by atoms with Gasteiger partial charge in [0.25, 0.3) is 0 Å². The highest BCUT2D eigenvalue weighted by atomic mass is 32.1. The lowest BCUT2D eigenvalue weighted by molar-refractivity contribution is -0.147. The summed E-state index contributed by atoms with van der Waals surface area (Å²) in [6.45, 7) is 9.59. The molecule has 2 atom stereocenters. The van der Waals surface area contributed by atoms with Gasteiger partial charge in [0.05, 0.1) is 0 Å². The van der Waals surface area contributed by atoms with Crippen LogP contribution >= 0.6 is 12.6 Å². The zero-order valence-electron chi connectivity index (χ0n) is 22.4. The normalized spacial score (nSPS) is 15.2. The highest BCUT2D eigenvalue weighted by Gasteiger charge is 2.41. The van der Waals surface area contributed by atoms with Crippen molar-refractivity contribution in [1.82, 2.24) is 15.5 Å². The van der Waals surface area contributed by atoms with Crippen molar-refractivity contribution in [1.29, 1.82) is 0 Å². The number of ether oxygens (including phenoxy) is 1. The summed E-state index contributed by atoms with van der Waals surface area (Å²) >= 11 is 4.36. The molecule has 2 N–H and O–H groups in total. The molecule has 2 aromatic carbocycles. The first-order valence-electron chi connectivity index (χ1n) is 12.8. The minimum absolute atomic E-state index is 0.0759. The number of hydrogen-bond acceptors (Lipinski definition) is 5. The first kappa shape index (κ1) is 28.6. The van der Waals surface area contributed by atoms with Crippen molar-refractivity contribution in [3.8, 4) is 0 Å². The van der Waals surface area contributed by atoms with E-state index in [0.29, 0.717) is 6.54 Å². The molecule has 0 bridgehead atoms. The lowest BCUT2D eigenvalue weighted by atomic mass is 9.87. The van der Waals surface area contributed by atoms with E-state index < -0.39 is 23.8 Å². The Morgan fingerprint density at radius 1 is 1.05 bits per heavy atom. The molecular weight excluding hydrogens is 486 g/mol. The van der Waals surface area contributed by atoms with E-state index in [4.69, 9.17) is 4.74 Å². The van der Waals surface area contributed by atoms with Crippen molar-refractivity contribution < 1.29 is 19.1 Å². The van der Waals surface area contributed by atoms with Crippen molar-refractivity contribution >= 4 is 30.5 Å². The van der Waals surface area contributed by atoms with Crippen LogP contribution in [0.2, 0.25) is 0 Å². The minimum atomic E-state index is -0.936. The van der Waals surface area contributed by atoms with Crippen LogP contribution in [0.5, 0.6) is 0 Å². The van der Waals surface area contributed by atoms with Gasteiger partial charge in [-0.3, -0.25) is 9.59 Å². The molecule has 1 fully saturated rings. The van der Waals surface area contributed by atoms with Gasteiger partial charge < -0.3 is 20.3 Å². The molecule has 37 heavy (non-hydrogen) atoms. The number of thiol groups is 1. The average Bonchev–Trinajstić information content (AvgIpc) is 2.78. The van der Waals surface area contributed by atoms with Gasteiger partial charge in [-0.15, -0.1) is 0 Å². The fourth-order valence-corrected chi connectivity index (χ4v) is 4.73. The van der Waals surface area contributed by atoms with E-state index in [-0.39, 0.29) is 23.6 Å². The number of amides is 3. The van der Waals surface area contributed by atoms with Crippen molar-refractivity contribution in [3.63, 3.8) is 0 Å². The standard InChI is InChI=1S/C29H39N3O4S/c1-19-14-20(2)16-22(15-19)25(26(33)30-17-21-10-7-6-8-11-21)32(23-12-9-13-23)27(34)24(18-37)31-28(35)36-29(3,4)5/h6-8,10-11,14-16,23-25,37H,9,12-13,17-18H2,1-5H3,(H,30,33)(H,31,35). The van der Waals surface area contributed by atoms with Crippen LogP contribution in [-0.4, -0.2) is 46.2 Å². The van der Waals surface area contributed by atoms with Gasteiger partial charge in [0.2, 0.25) is 11.8 Å². The number of hydrogen-bond donors (Lipinski definition) is 3. The van der Waals surface area contributed by atoms with Gasteiger partial charge in [0.1, 0.15) is 17.7 Å². The van der Waals surface area contributed by atoms with Gasteiger partial charge in [-0.05, 0) is 65.0 Å². The molecule has 8 heteroatoms. The molecule has 0 radical (unpaired) electrons. The third kappa shape index (κ3) is 7.99. The lowest BCUT2D eigenvalue weighted by Crippen LogP contribution is -2.58. The molecule has 3 amide bonds. The van der Waals surface area contributed by atoms with Crippen LogP contribution in [0, 0.1) is 13.8 Å². The largest absolute Gasteiger partial charge is 0.444 e. The first-order valence-corrected chi connectivity index (χ1v) is 13.4. The van der Waals surface area contributed by atoms with E-state index in [1.54, 1.807) is 25.7 Å². The Morgan fingerprint density at radius 3 is 2.19 bits per heavy atom. The van der Waals surface area contributed by atoms with E-state index >= 15 is 0 Å². The van der Waals surface area contributed by atoms with Crippen LogP contribution in [0.15, 0.2) is 48.5 Å². The van der Waals surface area contributed by atoms with Crippen molar-refractivity contribution in [3.05, 3.63) is 70.8 Å². The molecule has 3 rings (SSSR count). The molecule has 1 saturated carbocycles. The van der Waals surface area contributed by atoms with E-state index in [1.807, 2.05) is 62.4 Å². The number of carbonyl (C=O) groups excluding carboxylic acids is 3. The van der Waals surface area contributed by atoms with Crippen LogP contribution in [0.4, 0.5) is 4.79 Å². The number of carbonyl (C=O) groups is 3. The van der Waals surface area contributed by atoms with Gasteiger partial charge in [0, 0.05) is 18.3 Å². The zero-order valence-corrected chi connectivity index (χ0v) is 23.3. The highest BCUT2D eigenvalue weighted by Crippen LogP contribution is 2.34. The number of rotatable bonds is 9. The molecule has 0 heterocycles. The lowest BCUT2D eigenvalue weighted by Gasteiger charge is -2.43. The van der Waals surface area contributed by atoms with Gasteiger partial charge in [-0.25, -0.2) is 4.79 Å². The maximum atomic E-state index is 14.0. The quantitative estimate of drug-likeness (QED) is 0.408. The summed E-state index contributed by atoms with van der Waals surface area (Å²) in [5.41, 5.74) is 3.03. The molecule has 2 unspecified atom stereocenters. The van der Waals surface area contributed by atoms with Crippen molar-refractivity contribution in [2.45, 2.75) is 84.2 Å². The molecule has 0 spiro atoms. The third-order valence-corrected chi connectivity index (χ3v) is 6.66. The SMILES string of the molecule is Cc1cc(C)cc(C(C(=O)NCc2ccccc2)N(C(=O)C(CS)NC(=O)OC(C)(C)C)C2CCC2)c1. The Balaban J connectivity index is 1.95. The molecule has 1 aliphatic rings. The van der Waals surface area contributed by atoms with Crippen LogP contribution in [0.1, 0.15) is 68.3 Å². The summed E-state index contributed by atoms with van der Waals surface area (Å²) in [7, 11) is 0. The second kappa shape index (κ2) is 12.5. The average molecular weight is 526 g/mol. The van der Waals surface area contributed by atoms with Crippen molar-refractivity contribution in [2.75, 3.05) is 5.75 Å². The maximum Gasteiger partial charge on any atom is 0.408 e. The Bertz CT molecular complexity index is 1080. The predicted octanol–water partition coefficient (Wildman–Crippen LogP) is 4.87. The summed E-state index contributed by atoms with van der Waals surface area (Å²) in [5.74, 6) is -0.527. The van der Waals surface area contributed by atoms with E-state index in [1.165, 1.54) is 0 Å². The minimum Gasteiger partial charge on any atom is -0.444 e. The number of benzene rings is 2. The van der Waals surface area contributed by atoms with Gasteiger partial charge in [-0.2, -0.15) is 12.6 Å². The smallest absolute Gasteiger partial charge is 0.408 e. The number of nitrogens with one attached hydrogen (secondary N) is 2. The van der Waals surface area contributed by atoms with Crippen LogP contribution < -0.4 is 10.6 Å². The monoisotopic (exact) mass is 525 g/mol. The third-order valence-electron chi connectivity index (χ3n) is 6.29. The first-order chi connectivity index (χ1) is 17.5. The van der Waals surface area contributed by atoms with E-state index in [2.05, 4.69) is 23.3 Å². The fourth-order valence-electron chi connectivity index (χ4n) is 4.49. The van der Waals surface area contributed by atoms with Crippen LogP contribution in [0.25, 0.3) is 0 Å². The summed E-state index contributed by atoms with van der Waals surface area (Å²) in [5, 5.41) is 5.71. The second-order valence-electron chi connectivity index (χ2n) is 10.7. The molecule has 1 aliphatic carbocycles. The van der Waals surface area contributed by atoms with Crippen LogP contribution in [-0.2, 0) is 20.9 Å². The summed E-state index contributed by atoms with van der Waals surface area (Å²) < 4.78 is 5.38. The Kier molecular flexibility index (Phi) is 9.65. The second-order valence-corrected chi connectivity index (χ2v) is 11.1. The van der Waals surface area contributed by atoms with Gasteiger partial charge >= 0.3 is 6.09 Å². The molecule has 2 aromatic rings. The summed E-state index contributed by atoms with van der Waals surface area (Å²) in [4.78, 5) is 42.0.